The highest BCUT2D eigenvalue weighted by Crippen LogP contribution is 2.35. The van der Waals surface area contributed by atoms with Crippen molar-refractivity contribution in [1.29, 1.82) is 0 Å². The molecule has 1 aliphatic rings. The van der Waals surface area contributed by atoms with Crippen LogP contribution in [0.3, 0.4) is 0 Å². The molecule has 0 radical (unpaired) electrons. The second-order valence-corrected chi connectivity index (χ2v) is 6.73. The van der Waals surface area contributed by atoms with Gasteiger partial charge in [0.2, 0.25) is 0 Å². The summed E-state index contributed by atoms with van der Waals surface area (Å²) in [4.78, 5) is 12.8. The van der Waals surface area contributed by atoms with E-state index in [2.05, 4.69) is 15.0 Å². The predicted molar refractivity (Wildman–Crippen MR) is 97.8 cm³/mol. The first-order valence-corrected chi connectivity index (χ1v) is 8.85. The Morgan fingerprint density at radius 1 is 1.14 bits per heavy atom. The zero-order valence-corrected chi connectivity index (χ0v) is 14.9. The Morgan fingerprint density at radius 2 is 1.89 bits per heavy atom. The maximum Gasteiger partial charge on any atom is 0.286 e. The van der Waals surface area contributed by atoms with Gasteiger partial charge >= 0.3 is 0 Å². The normalized spacial score (nSPS) is 27.5. The molecule has 0 unspecified atom stereocenters. The van der Waals surface area contributed by atoms with Gasteiger partial charge in [-0.15, -0.1) is 0 Å². The van der Waals surface area contributed by atoms with E-state index in [1.807, 2.05) is 30.3 Å². The SMILES string of the molecule is Nc1nc(CCc2ccccc2)nc2c1ncn2[C@]1(O)O[C@H](CO)[C@@H](O)[C@H]1O. The Morgan fingerprint density at radius 3 is 2.57 bits per heavy atom. The molecule has 4 atom stereocenters. The molecule has 148 valence electrons. The van der Waals surface area contributed by atoms with Crippen LogP contribution in [0.15, 0.2) is 36.7 Å². The maximum atomic E-state index is 10.9. The van der Waals surface area contributed by atoms with Gasteiger partial charge in [-0.3, -0.25) is 4.57 Å². The van der Waals surface area contributed by atoms with Crippen LogP contribution in [0.25, 0.3) is 11.2 Å². The summed E-state index contributed by atoms with van der Waals surface area (Å²) in [6.07, 6.45) is -1.97. The number of nitrogen functional groups attached to an aromatic ring is 1. The molecule has 0 bridgehead atoms. The number of hydrogen-bond donors (Lipinski definition) is 5. The van der Waals surface area contributed by atoms with Crippen LogP contribution in [0.4, 0.5) is 5.82 Å². The third-order valence-corrected chi connectivity index (χ3v) is 4.89. The van der Waals surface area contributed by atoms with Crippen molar-refractivity contribution in [2.75, 3.05) is 12.3 Å². The third-order valence-electron chi connectivity index (χ3n) is 4.89. The molecule has 0 spiro atoms. The molecule has 4 rings (SSSR count). The van der Waals surface area contributed by atoms with Crippen LogP contribution in [-0.2, 0) is 23.5 Å². The highest BCUT2D eigenvalue weighted by atomic mass is 16.7. The lowest BCUT2D eigenvalue weighted by Gasteiger charge is -2.27. The minimum Gasteiger partial charge on any atom is -0.394 e. The van der Waals surface area contributed by atoms with Crippen LogP contribution in [0, 0.1) is 0 Å². The third kappa shape index (κ3) is 3.01. The van der Waals surface area contributed by atoms with Crippen LogP contribution < -0.4 is 5.73 Å². The summed E-state index contributed by atoms with van der Waals surface area (Å²) in [5.74, 6) is -1.79. The number of ether oxygens (including phenoxy) is 1. The van der Waals surface area contributed by atoms with Crippen molar-refractivity contribution in [2.45, 2.75) is 37.1 Å². The van der Waals surface area contributed by atoms with Crippen LogP contribution in [0.5, 0.6) is 0 Å². The van der Waals surface area contributed by atoms with Gasteiger partial charge in [-0.25, -0.2) is 15.0 Å². The Balaban J connectivity index is 1.70. The largest absolute Gasteiger partial charge is 0.394 e. The van der Waals surface area contributed by atoms with E-state index in [0.717, 1.165) is 10.1 Å². The second-order valence-electron chi connectivity index (χ2n) is 6.73. The van der Waals surface area contributed by atoms with Crippen molar-refractivity contribution in [3.05, 3.63) is 48.0 Å². The van der Waals surface area contributed by atoms with Crippen molar-refractivity contribution < 1.29 is 25.2 Å². The quantitative estimate of drug-likeness (QED) is 0.366. The number of aryl methyl sites for hydroxylation is 2. The van der Waals surface area contributed by atoms with E-state index in [1.54, 1.807) is 0 Å². The number of fused-ring (bicyclic) bond motifs is 1. The molecule has 28 heavy (non-hydrogen) atoms. The minimum atomic E-state index is -2.35. The van der Waals surface area contributed by atoms with Gasteiger partial charge in [-0.05, 0) is 12.0 Å². The second kappa shape index (κ2) is 7.08. The van der Waals surface area contributed by atoms with Gasteiger partial charge in [0, 0.05) is 6.42 Å². The van der Waals surface area contributed by atoms with E-state index in [1.165, 1.54) is 6.33 Å². The lowest BCUT2D eigenvalue weighted by atomic mass is 10.1. The first-order chi connectivity index (χ1) is 13.4. The van der Waals surface area contributed by atoms with Crippen molar-refractivity contribution in [1.82, 2.24) is 19.5 Å². The van der Waals surface area contributed by atoms with E-state index in [4.69, 9.17) is 10.5 Å². The van der Waals surface area contributed by atoms with Crippen molar-refractivity contribution in [3.8, 4) is 0 Å². The fourth-order valence-corrected chi connectivity index (χ4v) is 3.35. The van der Waals surface area contributed by atoms with Gasteiger partial charge < -0.3 is 30.9 Å². The molecule has 2 aromatic heterocycles. The van der Waals surface area contributed by atoms with Crippen LogP contribution in [0.1, 0.15) is 11.4 Å². The Hall–Kier alpha value is -2.63. The molecule has 0 aliphatic carbocycles. The number of aliphatic hydroxyl groups excluding tert-OH is 3. The molecule has 10 heteroatoms. The number of imidazole rings is 1. The van der Waals surface area contributed by atoms with E-state index in [0.29, 0.717) is 18.7 Å². The van der Waals surface area contributed by atoms with Gasteiger partial charge in [0.1, 0.15) is 29.9 Å². The topological polar surface area (TPSA) is 160 Å². The van der Waals surface area contributed by atoms with Gasteiger partial charge in [-0.1, -0.05) is 30.3 Å². The highest BCUT2D eigenvalue weighted by molar-refractivity contribution is 5.81. The standard InChI is InChI=1S/C18H21N5O5/c19-16-13-17(22-12(21-16)7-6-10-4-2-1-3-5-10)23(9-20-13)18(27)15(26)14(25)11(8-24)28-18/h1-5,9,11,14-15,24-27H,6-8H2,(H2,19,21,22)/t11-,14-,15-,18-/m1/s1. The molecule has 6 N–H and O–H groups in total. The van der Waals surface area contributed by atoms with E-state index < -0.39 is 30.8 Å². The number of nitrogens with zero attached hydrogens (tertiary/aromatic N) is 4. The van der Waals surface area contributed by atoms with Gasteiger partial charge in [0.25, 0.3) is 5.91 Å². The van der Waals surface area contributed by atoms with Crippen molar-refractivity contribution >= 4 is 17.0 Å². The summed E-state index contributed by atoms with van der Waals surface area (Å²) in [7, 11) is 0. The molecule has 0 amide bonds. The summed E-state index contributed by atoms with van der Waals surface area (Å²) in [5.41, 5.74) is 7.49. The number of aromatic nitrogens is 4. The Bertz CT molecular complexity index is 981. The number of nitrogens with two attached hydrogens (primary N) is 1. The molecular formula is C18H21N5O5. The number of rotatable bonds is 5. The molecule has 1 aromatic carbocycles. The fourth-order valence-electron chi connectivity index (χ4n) is 3.35. The van der Waals surface area contributed by atoms with Gasteiger partial charge in [0.15, 0.2) is 17.6 Å². The molecule has 3 heterocycles. The summed E-state index contributed by atoms with van der Waals surface area (Å²) in [6, 6.07) is 9.81. The van der Waals surface area contributed by atoms with E-state index in [9.17, 15) is 20.4 Å². The fraction of sp³-hybridized carbons (Fsp3) is 0.389. The summed E-state index contributed by atoms with van der Waals surface area (Å²) < 4.78 is 6.40. The molecule has 10 nitrogen and oxygen atoms in total. The van der Waals surface area contributed by atoms with E-state index in [-0.39, 0.29) is 17.0 Å². The molecule has 3 aromatic rings. The summed E-state index contributed by atoms with van der Waals surface area (Å²) in [5, 5.41) is 40.4. The van der Waals surface area contributed by atoms with Gasteiger partial charge in [-0.2, -0.15) is 0 Å². The monoisotopic (exact) mass is 387 g/mol. The molecule has 1 fully saturated rings. The smallest absolute Gasteiger partial charge is 0.286 e. The van der Waals surface area contributed by atoms with Crippen LogP contribution >= 0.6 is 0 Å². The average molecular weight is 387 g/mol. The molecule has 1 saturated heterocycles. The first kappa shape index (κ1) is 18.7. The first-order valence-electron chi connectivity index (χ1n) is 8.85. The predicted octanol–water partition coefficient (Wildman–Crippen LogP) is -1.09. The molecule has 0 saturated carbocycles. The summed E-state index contributed by atoms with van der Waals surface area (Å²) in [6.45, 7) is -0.577. The summed E-state index contributed by atoms with van der Waals surface area (Å²) >= 11 is 0. The number of aliphatic hydroxyl groups is 4. The van der Waals surface area contributed by atoms with Crippen LogP contribution in [0.2, 0.25) is 0 Å². The zero-order valence-electron chi connectivity index (χ0n) is 14.9. The molecule has 1 aliphatic heterocycles. The van der Waals surface area contributed by atoms with Crippen molar-refractivity contribution in [2.24, 2.45) is 0 Å². The van der Waals surface area contributed by atoms with E-state index >= 15 is 0 Å². The number of hydrogen-bond acceptors (Lipinski definition) is 9. The van der Waals surface area contributed by atoms with Gasteiger partial charge in [0.05, 0.1) is 6.61 Å². The Labute approximate surface area is 159 Å². The molecular weight excluding hydrogens is 366 g/mol. The lowest BCUT2D eigenvalue weighted by molar-refractivity contribution is -0.287. The Kier molecular flexibility index (Phi) is 4.73. The highest BCUT2D eigenvalue weighted by Gasteiger charge is 2.55. The maximum absolute atomic E-state index is 10.9. The number of benzene rings is 1. The van der Waals surface area contributed by atoms with Crippen molar-refractivity contribution in [3.63, 3.8) is 0 Å². The number of anilines is 1. The minimum absolute atomic E-state index is 0.127. The average Bonchev–Trinajstić information content (AvgIpc) is 3.23. The van der Waals surface area contributed by atoms with Crippen LogP contribution in [-0.4, -0.2) is 64.9 Å². The zero-order chi connectivity index (χ0) is 19.9. The lowest BCUT2D eigenvalue weighted by Crippen LogP contribution is -2.45.